The lowest BCUT2D eigenvalue weighted by Crippen LogP contribution is -2.31. The number of hydrogen-bond acceptors (Lipinski definition) is 5. The summed E-state index contributed by atoms with van der Waals surface area (Å²) in [5.74, 6) is -0.739. The second-order valence-corrected chi connectivity index (χ2v) is 8.75. The van der Waals surface area contributed by atoms with Gasteiger partial charge in [-0.15, -0.1) is 0 Å². The predicted octanol–water partition coefficient (Wildman–Crippen LogP) is 4.49. The summed E-state index contributed by atoms with van der Waals surface area (Å²) in [6, 6.07) is 13.9. The third-order valence-electron chi connectivity index (χ3n) is 5.81. The number of rotatable bonds is 8. The first-order valence-corrected chi connectivity index (χ1v) is 11.4. The Morgan fingerprint density at radius 1 is 1.06 bits per heavy atom. The molecule has 1 amide bonds. The van der Waals surface area contributed by atoms with E-state index in [1.165, 1.54) is 0 Å². The normalized spacial score (nSPS) is 17.5. The van der Waals surface area contributed by atoms with Crippen LogP contribution in [0.25, 0.3) is 5.76 Å². The third kappa shape index (κ3) is 4.88. The van der Waals surface area contributed by atoms with Gasteiger partial charge in [-0.3, -0.25) is 9.59 Å². The van der Waals surface area contributed by atoms with E-state index in [4.69, 9.17) is 4.74 Å². The molecule has 2 aromatic carbocycles. The lowest BCUT2D eigenvalue weighted by molar-refractivity contribution is -0.139. The predicted molar refractivity (Wildman–Crippen MR) is 129 cm³/mol. The molecule has 4 rings (SSSR count). The maximum Gasteiger partial charge on any atom is 0.295 e. The summed E-state index contributed by atoms with van der Waals surface area (Å²) in [5.41, 5.74) is 2.39. The topological polar surface area (TPSA) is 84.7 Å². The van der Waals surface area contributed by atoms with Crippen LogP contribution < -0.4 is 4.74 Å². The molecule has 2 heterocycles. The van der Waals surface area contributed by atoms with Crippen LogP contribution in [0.5, 0.6) is 5.75 Å². The zero-order chi connectivity index (χ0) is 24.2. The van der Waals surface area contributed by atoms with Gasteiger partial charge >= 0.3 is 0 Å². The van der Waals surface area contributed by atoms with Gasteiger partial charge in [0, 0.05) is 31.0 Å². The van der Waals surface area contributed by atoms with E-state index in [-0.39, 0.29) is 17.4 Å². The second kappa shape index (κ2) is 9.95. The van der Waals surface area contributed by atoms with E-state index >= 15 is 0 Å². The molecule has 0 saturated carbocycles. The Morgan fingerprint density at radius 2 is 1.76 bits per heavy atom. The fraction of sp³-hybridized carbons (Fsp3) is 0.296. The van der Waals surface area contributed by atoms with Crippen molar-refractivity contribution in [2.45, 2.75) is 45.9 Å². The lowest BCUT2D eigenvalue weighted by atomic mass is 9.95. The van der Waals surface area contributed by atoms with Crippen molar-refractivity contribution in [2.24, 2.45) is 0 Å². The molecule has 0 aliphatic carbocycles. The minimum Gasteiger partial charge on any atom is -0.507 e. The van der Waals surface area contributed by atoms with Crippen molar-refractivity contribution in [1.82, 2.24) is 14.5 Å². The van der Waals surface area contributed by atoms with Gasteiger partial charge in [-0.25, -0.2) is 4.98 Å². The highest BCUT2D eigenvalue weighted by atomic mass is 16.5. The van der Waals surface area contributed by atoms with E-state index in [1.54, 1.807) is 29.6 Å². The maximum atomic E-state index is 13.1. The largest absolute Gasteiger partial charge is 0.507 e. The van der Waals surface area contributed by atoms with Crippen molar-refractivity contribution in [3.05, 3.63) is 89.5 Å². The van der Waals surface area contributed by atoms with Gasteiger partial charge in [0.05, 0.1) is 24.0 Å². The van der Waals surface area contributed by atoms with Crippen LogP contribution in [-0.2, 0) is 16.1 Å². The van der Waals surface area contributed by atoms with Crippen molar-refractivity contribution in [2.75, 3.05) is 6.54 Å². The van der Waals surface area contributed by atoms with E-state index in [0.717, 1.165) is 11.1 Å². The number of nitrogens with zero attached hydrogens (tertiary/aromatic N) is 3. The molecular formula is C27H29N3O4. The number of aryl methyl sites for hydroxylation is 2. The zero-order valence-electron chi connectivity index (χ0n) is 19.6. The number of aliphatic hydroxyl groups is 1. The van der Waals surface area contributed by atoms with Gasteiger partial charge in [0.15, 0.2) is 0 Å². The van der Waals surface area contributed by atoms with Crippen LogP contribution in [0, 0.1) is 6.92 Å². The maximum absolute atomic E-state index is 13.1. The number of aromatic nitrogens is 2. The highest BCUT2D eigenvalue weighted by Crippen LogP contribution is 2.40. The molecule has 0 radical (unpaired) electrons. The quantitative estimate of drug-likeness (QED) is 0.305. The molecule has 7 heteroatoms. The molecule has 34 heavy (non-hydrogen) atoms. The van der Waals surface area contributed by atoms with Crippen LogP contribution in [0.4, 0.5) is 0 Å². The van der Waals surface area contributed by atoms with Crippen LogP contribution >= 0.6 is 0 Å². The Labute approximate surface area is 199 Å². The fourth-order valence-corrected chi connectivity index (χ4v) is 4.17. The van der Waals surface area contributed by atoms with Crippen LogP contribution in [0.2, 0.25) is 0 Å². The van der Waals surface area contributed by atoms with Gasteiger partial charge in [-0.1, -0.05) is 42.0 Å². The van der Waals surface area contributed by atoms with Gasteiger partial charge < -0.3 is 19.3 Å². The molecule has 1 aliphatic rings. The minimum absolute atomic E-state index is 0.0289. The fourth-order valence-electron chi connectivity index (χ4n) is 4.17. The van der Waals surface area contributed by atoms with Crippen LogP contribution in [-0.4, -0.2) is 43.9 Å². The van der Waals surface area contributed by atoms with Crippen molar-refractivity contribution in [3.8, 4) is 5.75 Å². The van der Waals surface area contributed by atoms with E-state index in [9.17, 15) is 14.7 Å². The Hall–Kier alpha value is -3.87. The molecule has 1 N–H and O–H groups in total. The number of ketones is 1. The average Bonchev–Trinajstić information content (AvgIpc) is 3.42. The van der Waals surface area contributed by atoms with Gasteiger partial charge in [0.2, 0.25) is 0 Å². The van der Waals surface area contributed by atoms with Crippen LogP contribution in [0.15, 0.2) is 72.8 Å². The molecule has 1 unspecified atom stereocenters. The molecule has 0 bridgehead atoms. The minimum atomic E-state index is -0.683. The van der Waals surface area contributed by atoms with Crippen molar-refractivity contribution < 1.29 is 19.4 Å². The van der Waals surface area contributed by atoms with E-state index < -0.39 is 17.7 Å². The van der Waals surface area contributed by atoms with Crippen LogP contribution in [0.3, 0.4) is 0 Å². The number of ether oxygens (including phenoxy) is 1. The molecule has 1 aromatic heterocycles. The molecular weight excluding hydrogens is 430 g/mol. The molecule has 1 fully saturated rings. The smallest absolute Gasteiger partial charge is 0.295 e. The number of aliphatic hydroxyl groups excluding tert-OH is 1. The van der Waals surface area contributed by atoms with E-state index in [1.807, 2.05) is 67.9 Å². The van der Waals surface area contributed by atoms with Gasteiger partial charge in [-0.05, 0) is 44.9 Å². The van der Waals surface area contributed by atoms with E-state index in [2.05, 4.69) is 4.98 Å². The molecule has 1 atom stereocenters. The molecule has 3 aromatic rings. The van der Waals surface area contributed by atoms with Crippen molar-refractivity contribution in [3.63, 3.8) is 0 Å². The molecule has 1 aliphatic heterocycles. The number of carbonyl (C=O) groups excluding carboxylic acids is 2. The molecule has 176 valence electrons. The number of likely N-dealkylation sites (tertiary alicyclic amines) is 1. The number of Topliss-reactive ketones (excluding diaryl/α,β-unsaturated/α-hetero) is 1. The number of hydrogen-bond donors (Lipinski definition) is 1. The van der Waals surface area contributed by atoms with E-state index in [0.29, 0.717) is 30.8 Å². The Bertz CT molecular complexity index is 1180. The monoisotopic (exact) mass is 459 g/mol. The number of imidazole rings is 1. The first-order valence-electron chi connectivity index (χ1n) is 11.4. The highest BCUT2D eigenvalue weighted by molar-refractivity contribution is 6.46. The Morgan fingerprint density at radius 3 is 2.38 bits per heavy atom. The first-order chi connectivity index (χ1) is 16.3. The van der Waals surface area contributed by atoms with Gasteiger partial charge in [0.1, 0.15) is 11.5 Å². The van der Waals surface area contributed by atoms with Gasteiger partial charge in [0.25, 0.3) is 11.7 Å². The van der Waals surface area contributed by atoms with Gasteiger partial charge in [-0.2, -0.15) is 0 Å². The molecule has 7 nitrogen and oxygen atoms in total. The first kappa shape index (κ1) is 23.3. The second-order valence-electron chi connectivity index (χ2n) is 8.75. The van der Waals surface area contributed by atoms with Crippen molar-refractivity contribution >= 4 is 17.4 Å². The summed E-state index contributed by atoms with van der Waals surface area (Å²) in [4.78, 5) is 31.8. The summed E-state index contributed by atoms with van der Waals surface area (Å²) in [5, 5.41) is 11.1. The number of benzene rings is 2. The number of amides is 1. The lowest BCUT2D eigenvalue weighted by Gasteiger charge is -2.25. The summed E-state index contributed by atoms with van der Waals surface area (Å²) in [6.45, 7) is 6.87. The Kier molecular flexibility index (Phi) is 6.82. The average molecular weight is 460 g/mol. The van der Waals surface area contributed by atoms with Crippen LogP contribution in [0.1, 0.15) is 43.0 Å². The van der Waals surface area contributed by atoms with Crippen molar-refractivity contribution in [1.29, 1.82) is 0 Å². The third-order valence-corrected chi connectivity index (χ3v) is 5.81. The summed E-state index contributed by atoms with van der Waals surface area (Å²) < 4.78 is 7.67. The Balaban J connectivity index is 1.71. The molecule has 0 spiro atoms. The number of carbonyl (C=O) groups is 2. The summed E-state index contributed by atoms with van der Waals surface area (Å²) >= 11 is 0. The standard InChI is InChI=1S/C27H29N3O4/c1-18(2)34-22-11-9-20(10-12-22)24-23(25(31)21-7-5-19(3)6-8-21)26(32)27(33)30(24)15-4-14-29-16-13-28-17-29/h5-13,16-18,24,31H,4,14-15H2,1-3H3/b25-23+. The summed E-state index contributed by atoms with van der Waals surface area (Å²) in [7, 11) is 0. The highest BCUT2D eigenvalue weighted by Gasteiger charge is 2.45. The summed E-state index contributed by atoms with van der Waals surface area (Å²) in [6.07, 6.45) is 5.95. The SMILES string of the molecule is Cc1ccc(/C(O)=C2\C(=O)C(=O)N(CCCn3ccnc3)C2c2ccc(OC(C)C)cc2)cc1. The molecule has 1 saturated heterocycles. The zero-order valence-corrected chi connectivity index (χ0v) is 19.6.